The third-order valence-electron chi connectivity index (χ3n) is 6.90. The summed E-state index contributed by atoms with van der Waals surface area (Å²) in [6.07, 6.45) is 0.423. The number of hydrogen-bond donors (Lipinski definition) is 3. The van der Waals surface area contributed by atoms with E-state index in [-0.39, 0.29) is 25.3 Å². The number of amides is 3. The van der Waals surface area contributed by atoms with Crippen molar-refractivity contribution in [3.8, 4) is 0 Å². The first-order chi connectivity index (χ1) is 15.8. The Bertz CT molecular complexity index is 1170. The van der Waals surface area contributed by atoms with Crippen molar-refractivity contribution in [1.82, 2.24) is 10.2 Å². The van der Waals surface area contributed by atoms with Crippen LogP contribution in [0.3, 0.4) is 0 Å². The molecule has 2 fully saturated rings. The van der Waals surface area contributed by atoms with E-state index >= 15 is 0 Å². The van der Waals surface area contributed by atoms with Crippen LogP contribution in [0.2, 0.25) is 5.02 Å². The molecule has 4 atom stereocenters. The van der Waals surface area contributed by atoms with Gasteiger partial charge in [-0.15, -0.1) is 0 Å². The fraction of sp³-hybridized carbons (Fsp3) is 0.333. The Kier molecular flexibility index (Phi) is 5.22. The van der Waals surface area contributed by atoms with Crippen LogP contribution < -0.4 is 10.6 Å². The molecule has 0 radical (unpaired) electrons. The van der Waals surface area contributed by atoms with Gasteiger partial charge >= 0.3 is 5.97 Å². The highest BCUT2D eigenvalue weighted by Gasteiger charge is 2.70. The molecular weight excluding hydrogens is 446 g/mol. The van der Waals surface area contributed by atoms with Gasteiger partial charge in [0.25, 0.3) is 0 Å². The molecular formula is C24H22ClN3O5. The largest absolute Gasteiger partial charge is 0.481 e. The average molecular weight is 468 g/mol. The number of anilines is 1. The molecule has 0 aromatic heterocycles. The molecule has 0 bridgehead atoms. The molecule has 2 aromatic rings. The van der Waals surface area contributed by atoms with Crippen molar-refractivity contribution in [2.75, 3.05) is 11.9 Å². The number of carbonyl (C=O) groups excluding carboxylic acids is 3. The number of nitrogens with one attached hydrogen (secondary N) is 2. The first kappa shape index (κ1) is 21.6. The van der Waals surface area contributed by atoms with Gasteiger partial charge in [0.2, 0.25) is 17.7 Å². The number of benzene rings is 2. The Labute approximate surface area is 194 Å². The second-order valence-corrected chi connectivity index (χ2v) is 9.14. The van der Waals surface area contributed by atoms with E-state index in [4.69, 9.17) is 11.6 Å². The van der Waals surface area contributed by atoms with E-state index in [2.05, 4.69) is 10.6 Å². The van der Waals surface area contributed by atoms with Crippen LogP contribution in [0.15, 0.2) is 48.5 Å². The number of hydrogen-bond acceptors (Lipinski definition) is 5. The monoisotopic (exact) mass is 467 g/mol. The molecule has 0 unspecified atom stereocenters. The smallest absolute Gasteiger partial charge is 0.303 e. The molecule has 3 N–H and O–H groups in total. The van der Waals surface area contributed by atoms with Gasteiger partial charge in [0.05, 0.1) is 11.8 Å². The maximum absolute atomic E-state index is 13.6. The number of nitrogens with zero attached hydrogens (tertiary/aromatic N) is 1. The first-order valence-corrected chi connectivity index (χ1v) is 11.2. The van der Waals surface area contributed by atoms with Crippen LogP contribution in [0.1, 0.15) is 24.0 Å². The number of rotatable bonds is 6. The Morgan fingerprint density at radius 1 is 1.09 bits per heavy atom. The molecule has 1 spiro atoms. The Morgan fingerprint density at radius 3 is 2.58 bits per heavy atom. The van der Waals surface area contributed by atoms with Crippen molar-refractivity contribution < 1.29 is 24.3 Å². The van der Waals surface area contributed by atoms with Gasteiger partial charge in [-0.25, -0.2) is 0 Å². The number of likely N-dealkylation sites (tertiary alicyclic amines) is 1. The normalized spacial score (nSPS) is 27.7. The van der Waals surface area contributed by atoms with Gasteiger partial charge < -0.3 is 10.4 Å². The molecule has 2 saturated heterocycles. The van der Waals surface area contributed by atoms with E-state index in [1.165, 1.54) is 4.90 Å². The van der Waals surface area contributed by atoms with E-state index in [0.717, 1.165) is 5.56 Å². The van der Waals surface area contributed by atoms with Gasteiger partial charge in [-0.1, -0.05) is 41.9 Å². The molecule has 2 aromatic carbocycles. The lowest BCUT2D eigenvalue weighted by molar-refractivity contribution is -0.143. The van der Waals surface area contributed by atoms with E-state index in [9.17, 15) is 24.3 Å². The number of carboxylic acid groups (broad SMARTS) is 1. The third-order valence-corrected chi connectivity index (χ3v) is 7.14. The maximum Gasteiger partial charge on any atom is 0.303 e. The van der Waals surface area contributed by atoms with Crippen molar-refractivity contribution in [2.24, 2.45) is 11.8 Å². The van der Waals surface area contributed by atoms with Crippen molar-refractivity contribution in [1.29, 1.82) is 0 Å². The highest BCUT2D eigenvalue weighted by molar-refractivity contribution is 6.31. The summed E-state index contributed by atoms with van der Waals surface area (Å²) in [5.74, 6) is -4.04. The number of fused-ring (bicyclic) bond motifs is 4. The predicted molar refractivity (Wildman–Crippen MR) is 119 cm³/mol. The van der Waals surface area contributed by atoms with Gasteiger partial charge in [0, 0.05) is 35.3 Å². The molecule has 3 amide bonds. The second kappa shape index (κ2) is 7.97. The van der Waals surface area contributed by atoms with Gasteiger partial charge in [0.1, 0.15) is 5.54 Å². The Hall–Kier alpha value is -3.23. The zero-order valence-electron chi connectivity index (χ0n) is 17.6. The lowest BCUT2D eigenvalue weighted by Crippen LogP contribution is -2.53. The minimum absolute atomic E-state index is 0.118. The highest BCUT2D eigenvalue weighted by Crippen LogP contribution is 2.53. The summed E-state index contributed by atoms with van der Waals surface area (Å²) in [6, 6.07) is 13.8. The Balaban J connectivity index is 1.53. The average Bonchev–Trinajstić information content (AvgIpc) is 3.37. The molecule has 0 saturated carbocycles. The van der Waals surface area contributed by atoms with Gasteiger partial charge in [-0.05, 0) is 36.6 Å². The summed E-state index contributed by atoms with van der Waals surface area (Å²) in [5, 5.41) is 15.6. The van der Waals surface area contributed by atoms with E-state index in [0.29, 0.717) is 22.7 Å². The van der Waals surface area contributed by atoms with Crippen LogP contribution in [0.4, 0.5) is 5.69 Å². The van der Waals surface area contributed by atoms with Crippen LogP contribution in [-0.4, -0.2) is 46.3 Å². The van der Waals surface area contributed by atoms with Crippen molar-refractivity contribution in [2.45, 2.75) is 30.8 Å². The van der Waals surface area contributed by atoms with Crippen LogP contribution in [0.25, 0.3) is 0 Å². The maximum atomic E-state index is 13.6. The number of imide groups is 1. The second-order valence-electron chi connectivity index (χ2n) is 8.70. The SMILES string of the molecule is O=C(O)CC[C@@H]1N[C@@]2(C(=O)Nc3ccc(Cl)cc32)[C@@H]2C(=O)N(CCc3ccccc3)C(=O)[C@H]12. The zero-order valence-corrected chi connectivity index (χ0v) is 18.3. The number of carboxylic acids is 1. The van der Waals surface area contributed by atoms with E-state index in [1.54, 1.807) is 18.2 Å². The predicted octanol–water partition coefficient (Wildman–Crippen LogP) is 2.17. The van der Waals surface area contributed by atoms with Crippen LogP contribution >= 0.6 is 11.6 Å². The first-order valence-electron chi connectivity index (χ1n) is 10.8. The van der Waals surface area contributed by atoms with Crippen molar-refractivity contribution in [3.63, 3.8) is 0 Å². The Morgan fingerprint density at radius 2 is 1.85 bits per heavy atom. The van der Waals surface area contributed by atoms with Gasteiger partial charge in [0.15, 0.2) is 0 Å². The van der Waals surface area contributed by atoms with Crippen LogP contribution in [-0.2, 0) is 31.1 Å². The van der Waals surface area contributed by atoms with Crippen LogP contribution in [0, 0.1) is 11.8 Å². The molecule has 3 aliphatic rings. The summed E-state index contributed by atoms with van der Waals surface area (Å²) in [4.78, 5) is 52.9. The molecule has 5 rings (SSSR count). The topological polar surface area (TPSA) is 116 Å². The van der Waals surface area contributed by atoms with E-state index in [1.807, 2.05) is 30.3 Å². The molecule has 8 nitrogen and oxygen atoms in total. The minimum atomic E-state index is -1.47. The summed E-state index contributed by atoms with van der Waals surface area (Å²) in [7, 11) is 0. The summed E-state index contributed by atoms with van der Waals surface area (Å²) < 4.78 is 0. The van der Waals surface area contributed by atoms with Crippen LogP contribution in [0.5, 0.6) is 0 Å². The minimum Gasteiger partial charge on any atom is -0.481 e. The molecule has 33 heavy (non-hydrogen) atoms. The number of aliphatic carboxylic acids is 1. The number of carbonyl (C=O) groups is 4. The fourth-order valence-electron chi connectivity index (χ4n) is 5.47. The van der Waals surface area contributed by atoms with Crippen molar-refractivity contribution >= 4 is 41.0 Å². The van der Waals surface area contributed by atoms with Crippen molar-refractivity contribution in [3.05, 3.63) is 64.7 Å². The lowest BCUT2D eigenvalue weighted by Gasteiger charge is -2.29. The molecule has 170 valence electrons. The number of halogens is 1. The molecule has 3 aliphatic heterocycles. The van der Waals surface area contributed by atoms with E-state index < -0.39 is 41.2 Å². The third kappa shape index (κ3) is 3.32. The molecule has 9 heteroatoms. The van der Waals surface area contributed by atoms with Gasteiger partial charge in [-0.2, -0.15) is 0 Å². The fourth-order valence-corrected chi connectivity index (χ4v) is 5.64. The highest BCUT2D eigenvalue weighted by atomic mass is 35.5. The summed E-state index contributed by atoms with van der Waals surface area (Å²) >= 11 is 6.22. The quantitative estimate of drug-likeness (QED) is 0.561. The zero-order chi connectivity index (χ0) is 23.3. The standard InChI is InChI=1S/C24H22ClN3O5/c25-14-6-7-16-15(12-14)24(23(33)26-16)20-19(17(27-24)8-9-18(29)30)21(31)28(22(20)32)11-10-13-4-2-1-3-5-13/h1-7,12,17,19-20,27H,8-11H2,(H,26,33)(H,29,30)/t17-,19+,20-,24+/m0/s1. The molecule has 3 heterocycles. The summed E-state index contributed by atoms with van der Waals surface area (Å²) in [6.45, 7) is 0.195. The van der Waals surface area contributed by atoms with Gasteiger partial charge in [-0.3, -0.25) is 29.4 Å². The lowest BCUT2D eigenvalue weighted by atomic mass is 9.76. The molecule has 0 aliphatic carbocycles. The summed E-state index contributed by atoms with van der Waals surface area (Å²) in [5.41, 5.74) is 0.556.